The van der Waals surface area contributed by atoms with E-state index in [0.29, 0.717) is 25.7 Å². The summed E-state index contributed by atoms with van der Waals surface area (Å²) in [4.78, 5) is 31.5. The largest absolute Gasteiger partial charge is 0.466 e. The number of allylic oxidation sites excluding steroid dienone is 1. The fraction of sp³-hybridized carbons (Fsp3) is 0.696. The van der Waals surface area contributed by atoms with Crippen molar-refractivity contribution in [2.75, 3.05) is 12.9 Å². The average molecular weight is 514 g/mol. The lowest BCUT2D eigenvalue weighted by Crippen LogP contribution is -2.38. The summed E-state index contributed by atoms with van der Waals surface area (Å²) in [5, 5.41) is 11.7. The lowest BCUT2D eigenvalue weighted by molar-refractivity contribution is -0.387. The van der Waals surface area contributed by atoms with Crippen molar-refractivity contribution in [1.82, 2.24) is 9.97 Å². The van der Waals surface area contributed by atoms with E-state index in [1.165, 1.54) is 6.92 Å². The number of aromatic nitrogens is 2. The molecule has 1 aromatic rings. The average Bonchev–Trinajstić information content (AvgIpc) is 2.99. The van der Waals surface area contributed by atoms with Crippen LogP contribution >= 0.6 is 0 Å². The molecule has 12 heteroatoms. The Kier molecular flexibility index (Phi) is 9.35. The third kappa shape index (κ3) is 7.96. The van der Waals surface area contributed by atoms with E-state index in [0.717, 1.165) is 6.26 Å². The van der Waals surface area contributed by atoms with Crippen molar-refractivity contribution < 1.29 is 31.8 Å². The second kappa shape index (κ2) is 11.4. The topological polar surface area (TPSA) is 148 Å². The molecule has 0 radical (unpaired) electrons. The maximum Gasteiger partial charge on any atom is 0.351 e. The van der Waals surface area contributed by atoms with Crippen LogP contribution in [-0.2, 0) is 23.8 Å². The van der Waals surface area contributed by atoms with Crippen molar-refractivity contribution in [2.24, 2.45) is 17.3 Å². The second-order valence-electron chi connectivity index (χ2n) is 9.91. The van der Waals surface area contributed by atoms with Gasteiger partial charge in [0.1, 0.15) is 23.7 Å². The van der Waals surface area contributed by atoms with E-state index in [-0.39, 0.29) is 47.5 Å². The molecule has 35 heavy (non-hydrogen) atoms. The van der Waals surface area contributed by atoms with Crippen LogP contribution in [0.5, 0.6) is 5.88 Å². The fourth-order valence-corrected chi connectivity index (χ4v) is 4.87. The highest BCUT2D eigenvalue weighted by Crippen LogP contribution is 2.42. The highest BCUT2D eigenvalue weighted by Gasteiger charge is 2.48. The minimum atomic E-state index is -3.87. The van der Waals surface area contributed by atoms with E-state index in [2.05, 4.69) is 16.5 Å². The van der Waals surface area contributed by atoms with E-state index in [4.69, 9.17) is 13.7 Å². The predicted octanol–water partition coefficient (Wildman–Crippen LogP) is 3.68. The van der Waals surface area contributed by atoms with Crippen molar-refractivity contribution in [1.29, 1.82) is 0 Å². The van der Waals surface area contributed by atoms with Crippen LogP contribution in [-0.4, -0.2) is 54.3 Å². The van der Waals surface area contributed by atoms with Gasteiger partial charge in [0.2, 0.25) is 0 Å². The van der Waals surface area contributed by atoms with Crippen LogP contribution in [0.3, 0.4) is 0 Å². The number of esters is 1. The molecule has 1 aliphatic carbocycles. The molecule has 0 bridgehead atoms. The van der Waals surface area contributed by atoms with Crippen molar-refractivity contribution in [3.63, 3.8) is 0 Å². The van der Waals surface area contributed by atoms with Gasteiger partial charge in [0.25, 0.3) is 16.0 Å². The molecule has 1 aromatic heterocycles. The number of carbonyl (C=O) groups excluding carboxylic acids is 1. The van der Waals surface area contributed by atoms with Crippen LogP contribution in [0.1, 0.15) is 58.0 Å². The molecule has 1 unspecified atom stereocenters. The molecule has 2 rings (SSSR count). The molecule has 11 nitrogen and oxygen atoms in total. The Balaban J connectivity index is 2.42. The summed E-state index contributed by atoms with van der Waals surface area (Å²) in [6, 6.07) is 0. The third-order valence-electron chi connectivity index (χ3n) is 5.79. The van der Waals surface area contributed by atoms with Gasteiger partial charge >= 0.3 is 11.7 Å². The first-order valence-corrected chi connectivity index (χ1v) is 13.3. The Morgan fingerprint density at radius 1 is 1.20 bits per heavy atom. The van der Waals surface area contributed by atoms with Gasteiger partial charge in [0.15, 0.2) is 0 Å². The molecule has 4 atom stereocenters. The Morgan fingerprint density at radius 3 is 2.37 bits per heavy atom. The number of nitro groups is 1. The van der Waals surface area contributed by atoms with Crippen molar-refractivity contribution in [3.8, 4) is 5.88 Å². The fourth-order valence-electron chi connectivity index (χ4n) is 4.20. The van der Waals surface area contributed by atoms with Crippen molar-refractivity contribution >= 4 is 21.8 Å². The first kappa shape index (κ1) is 28.6. The van der Waals surface area contributed by atoms with Gasteiger partial charge in [-0.1, -0.05) is 6.08 Å². The highest BCUT2D eigenvalue weighted by atomic mass is 32.2. The van der Waals surface area contributed by atoms with Gasteiger partial charge in [-0.15, -0.1) is 6.58 Å². The molecule has 1 heterocycles. The summed E-state index contributed by atoms with van der Waals surface area (Å²) in [7, 11) is -3.87. The number of carbonyl (C=O) groups is 1. The molecule has 0 aliphatic heterocycles. The molecule has 1 fully saturated rings. The molecule has 1 aliphatic rings. The number of rotatable bonds is 11. The summed E-state index contributed by atoms with van der Waals surface area (Å²) in [5.74, 6) is -0.856. The monoisotopic (exact) mass is 513 g/mol. The molecular formula is C23H35N3O8S. The van der Waals surface area contributed by atoms with Gasteiger partial charge in [-0.25, -0.2) is 4.98 Å². The van der Waals surface area contributed by atoms with Crippen molar-refractivity contribution in [2.45, 2.75) is 72.5 Å². The lowest BCUT2D eigenvalue weighted by atomic mass is 9.97. The quantitative estimate of drug-likeness (QED) is 0.141. The maximum absolute atomic E-state index is 12.2. The Morgan fingerprint density at radius 2 is 1.83 bits per heavy atom. The lowest BCUT2D eigenvalue weighted by Gasteiger charge is -2.27. The zero-order valence-corrected chi connectivity index (χ0v) is 22.0. The number of hydrogen-bond acceptors (Lipinski definition) is 10. The van der Waals surface area contributed by atoms with E-state index < -0.39 is 32.7 Å². The van der Waals surface area contributed by atoms with Crippen LogP contribution < -0.4 is 4.74 Å². The van der Waals surface area contributed by atoms with E-state index >= 15 is 0 Å². The number of ether oxygens (including phenoxy) is 2. The third-order valence-corrected chi connectivity index (χ3v) is 6.36. The zero-order chi connectivity index (χ0) is 26.6. The highest BCUT2D eigenvalue weighted by molar-refractivity contribution is 7.86. The number of aryl methyl sites for hydroxylation is 2. The predicted molar refractivity (Wildman–Crippen MR) is 128 cm³/mol. The van der Waals surface area contributed by atoms with Crippen molar-refractivity contribution in [3.05, 3.63) is 34.3 Å². The summed E-state index contributed by atoms with van der Waals surface area (Å²) in [6.07, 6.45) is 3.00. The summed E-state index contributed by atoms with van der Waals surface area (Å²) >= 11 is 0. The Bertz CT molecular complexity index is 1050. The molecule has 0 aromatic carbocycles. The first-order valence-electron chi connectivity index (χ1n) is 11.5. The number of hydrogen-bond donors (Lipinski definition) is 0. The van der Waals surface area contributed by atoms with Gasteiger partial charge in [-0.05, 0) is 66.2 Å². The number of nitrogens with zero attached hydrogens (tertiary/aromatic N) is 3. The van der Waals surface area contributed by atoms with E-state index in [9.17, 15) is 23.3 Å². The minimum Gasteiger partial charge on any atom is -0.466 e. The van der Waals surface area contributed by atoms with E-state index in [1.807, 2.05) is 0 Å². The smallest absolute Gasteiger partial charge is 0.351 e. The summed E-state index contributed by atoms with van der Waals surface area (Å²) in [6.45, 7) is 12.1. The molecule has 1 saturated carbocycles. The molecule has 0 saturated heterocycles. The molecule has 0 N–H and O–H groups in total. The van der Waals surface area contributed by atoms with Gasteiger partial charge in [0, 0.05) is 5.92 Å². The first-order chi connectivity index (χ1) is 16.1. The minimum absolute atomic E-state index is 0.0876. The SMILES string of the molecule is C=CCCC1C[C@H](CCOC(=O)C(C)(C)C)[C@H](Oc2nc(C)nc(C)c2[N+](=O)[O-])[C@@H]1OS(C)(=O)=O. The van der Waals surface area contributed by atoms with E-state index in [1.54, 1.807) is 33.8 Å². The molecule has 196 valence electrons. The molecular weight excluding hydrogens is 478 g/mol. The van der Waals surface area contributed by atoms with Crippen LogP contribution in [0.15, 0.2) is 12.7 Å². The molecule has 0 amide bonds. The van der Waals surface area contributed by atoms with Crippen LogP contribution in [0, 0.1) is 41.2 Å². The Labute approximate surface area is 206 Å². The zero-order valence-electron chi connectivity index (χ0n) is 21.1. The maximum atomic E-state index is 12.2. The molecule has 0 spiro atoms. The normalized spacial score (nSPS) is 22.6. The van der Waals surface area contributed by atoms with Gasteiger partial charge in [-0.3, -0.25) is 19.1 Å². The van der Waals surface area contributed by atoms with Gasteiger partial charge in [-0.2, -0.15) is 13.4 Å². The van der Waals surface area contributed by atoms with Gasteiger partial charge in [0.05, 0.1) is 23.2 Å². The standard InChI is InChI=1S/C23H35N3O8S/c1-8-9-10-16-13-17(11-12-32-22(27)23(4,5)6)19(20(16)34-35(7,30)31)33-21-18(26(28)29)14(2)24-15(3)25-21/h8,16-17,19-20H,1,9-13H2,2-7H3/t16?,17-,19-,20+/m0/s1. The van der Waals surface area contributed by atoms with Crippen LogP contribution in [0.4, 0.5) is 5.69 Å². The van der Waals surface area contributed by atoms with Gasteiger partial charge < -0.3 is 9.47 Å². The second-order valence-corrected chi connectivity index (χ2v) is 11.5. The van der Waals surface area contributed by atoms with Crippen LogP contribution in [0.25, 0.3) is 0 Å². The summed E-state index contributed by atoms with van der Waals surface area (Å²) in [5.41, 5.74) is -0.924. The summed E-state index contributed by atoms with van der Waals surface area (Å²) < 4.78 is 41.2. The van der Waals surface area contributed by atoms with Crippen LogP contribution in [0.2, 0.25) is 0 Å². The Hall–Kier alpha value is -2.60.